The van der Waals surface area contributed by atoms with Gasteiger partial charge in [0.05, 0.1) is 13.5 Å². The second-order valence-corrected chi connectivity index (χ2v) is 8.04. The lowest BCUT2D eigenvalue weighted by atomic mass is 9.81. The van der Waals surface area contributed by atoms with Crippen LogP contribution in [0.5, 0.6) is 5.75 Å². The molecule has 5 heteroatoms. The molecule has 0 spiro atoms. The van der Waals surface area contributed by atoms with Gasteiger partial charge in [-0.3, -0.25) is 14.5 Å². The first-order chi connectivity index (χ1) is 15.4. The third kappa shape index (κ3) is 4.02. The van der Waals surface area contributed by atoms with Crippen LogP contribution in [0.2, 0.25) is 0 Å². The number of ether oxygens (including phenoxy) is 1. The summed E-state index contributed by atoms with van der Waals surface area (Å²) in [4.78, 5) is 28.0. The summed E-state index contributed by atoms with van der Waals surface area (Å²) in [6.45, 7) is 3.94. The van der Waals surface area contributed by atoms with Crippen molar-refractivity contribution in [1.29, 1.82) is 0 Å². The largest absolute Gasteiger partial charge is 0.497 e. The molecule has 4 rings (SSSR count). The highest BCUT2D eigenvalue weighted by Crippen LogP contribution is 2.40. The monoisotopic (exact) mass is 426 g/mol. The number of β-lactam (4-membered cyclic amide) rings is 1. The van der Waals surface area contributed by atoms with Crippen LogP contribution in [-0.2, 0) is 9.59 Å². The van der Waals surface area contributed by atoms with Gasteiger partial charge in [0.15, 0.2) is 5.54 Å². The fourth-order valence-corrected chi connectivity index (χ4v) is 3.92. The van der Waals surface area contributed by atoms with Crippen molar-refractivity contribution in [1.82, 2.24) is 0 Å². The van der Waals surface area contributed by atoms with Gasteiger partial charge in [0.25, 0.3) is 5.91 Å². The summed E-state index contributed by atoms with van der Waals surface area (Å²) in [5.41, 5.74) is 3.25. The molecule has 0 bridgehead atoms. The molecule has 3 aromatic rings. The fourth-order valence-electron chi connectivity index (χ4n) is 3.92. The predicted molar refractivity (Wildman–Crippen MR) is 128 cm³/mol. The number of methoxy groups -OCH3 is 1. The fraction of sp³-hybridized carbons (Fsp3) is 0.185. The van der Waals surface area contributed by atoms with Crippen LogP contribution in [0.25, 0.3) is 6.08 Å². The smallest absolute Gasteiger partial charge is 0.255 e. The third-order valence-corrected chi connectivity index (χ3v) is 5.79. The van der Waals surface area contributed by atoms with Gasteiger partial charge in [-0.2, -0.15) is 0 Å². The van der Waals surface area contributed by atoms with Crippen molar-refractivity contribution in [2.24, 2.45) is 0 Å². The lowest BCUT2D eigenvalue weighted by Crippen LogP contribution is -2.68. The van der Waals surface area contributed by atoms with Gasteiger partial charge in [0, 0.05) is 11.4 Å². The van der Waals surface area contributed by atoms with E-state index in [1.54, 1.807) is 36.3 Å². The van der Waals surface area contributed by atoms with Gasteiger partial charge in [0.1, 0.15) is 5.75 Å². The molecule has 162 valence electrons. The van der Waals surface area contributed by atoms with E-state index in [1.165, 1.54) is 0 Å². The first-order valence-corrected chi connectivity index (χ1v) is 10.5. The molecule has 2 amide bonds. The summed E-state index contributed by atoms with van der Waals surface area (Å²) in [6.07, 6.45) is 3.82. The van der Waals surface area contributed by atoms with Gasteiger partial charge in [0.2, 0.25) is 5.91 Å². The lowest BCUT2D eigenvalue weighted by molar-refractivity contribution is -0.134. The van der Waals surface area contributed by atoms with E-state index >= 15 is 0 Å². The number of amides is 2. The predicted octanol–water partition coefficient (Wildman–Crippen LogP) is 5.14. The van der Waals surface area contributed by atoms with E-state index in [2.05, 4.69) is 5.32 Å². The normalized spacial score (nSPS) is 17.8. The molecular formula is C27H26N2O3. The second kappa shape index (κ2) is 8.71. The molecule has 1 fully saturated rings. The van der Waals surface area contributed by atoms with Gasteiger partial charge >= 0.3 is 0 Å². The van der Waals surface area contributed by atoms with Gasteiger partial charge in [-0.15, -0.1) is 0 Å². The van der Waals surface area contributed by atoms with E-state index in [0.29, 0.717) is 11.4 Å². The number of nitrogens with zero attached hydrogens (tertiary/aromatic N) is 1. The molecule has 1 heterocycles. The molecule has 1 N–H and O–H groups in total. The molecule has 1 aliphatic heterocycles. The number of hydrogen-bond donors (Lipinski definition) is 1. The average Bonchev–Trinajstić information content (AvgIpc) is 2.80. The summed E-state index contributed by atoms with van der Waals surface area (Å²) in [5.74, 6) is 0.338. The maximum atomic E-state index is 13.7. The Morgan fingerprint density at radius 1 is 1.03 bits per heavy atom. The first-order valence-electron chi connectivity index (χ1n) is 10.5. The number of carbonyl (C=O) groups excluding carboxylic acids is 2. The van der Waals surface area contributed by atoms with Crippen molar-refractivity contribution in [3.63, 3.8) is 0 Å². The van der Waals surface area contributed by atoms with Crippen LogP contribution in [0, 0.1) is 13.8 Å². The van der Waals surface area contributed by atoms with Crippen LogP contribution in [0.1, 0.15) is 23.1 Å². The summed E-state index contributed by atoms with van der Waals surface area (Å²) < 4.78 is 5.24. The van der Waals surface area contributed by atoms with E-state index in [0.717, 1.165) is 22.4 Å². The minimum atomic E-state index is -1.13. The Balaban J connectivity index is 1.74. The van der Waals surface area contributed by atoms with Crippen LogP contribution in [-0.4, -0.2) is 24.5 Å². The Bertz CT molecular complexity index is 1170. The van der Waals surface area contributed by atoms with Crippen molar-refractivity contribution in [2.75, 3.05) is 17.3 Å². The highest BCUT2D eigenvalue weighted by Gasteiger charge is 2.55. The zero-order valence-corrected chi connectivity index (χ0v) is 18.5. The number of hydrogen-bond acceptors (Lipinski definition) is 3. The van der Waals surface area contributed by atoms with Gasteiger partial charge < -0.3 is 10.1 Å². The summed E-state index contributed by atoms with van der Waals surface area (Å²) in [7, 11) is 1.59. The number of rotatable bonds is 6. The summed E-state index contributed by atoms with van der Waals surface area (Å²) >= 11 is 0. The second-order valence-electron chi connectivity index (χ2n) is 8.04. The molecular weight excluding hydrogens is 400 g/mol. The van der Waals surface area contributed by atoms with Crippen LogP contribution in [0.3, 0.4) is 0 Å². The van der Waals surface area contributed by atoms with E-state index in [4.69, 9.17) is 4.74 Å². The van der Waals surface area contributed by atoms with Gasteiger partial charge in [-0.05, 0) is 66.9 Å². The highest BCUT2D eigenvalue weighted by molar-refractivity contribution is 6.18. The van der Waals surface area contributed by atoms with Crippen LogP contribution >= 0.6 is 0 Å². The first kappa shape index (κ1) is 21.4. The molecule has 1 atom stereocenters. The zero-order chi connectivity index (χ0) is 22.7. The topological polar surface area (TPSA) is 58.6 Å². The Hall–Kier alpha value is -3.86. The Morgan fingerprint density at radius 3 is 2.41 bits per heavy atom. The molecule has 1 aliphatic rings. The maximum absolute atomic E-state index is 13.7. The van der Waals surface area contributed by atoms with Crippen molar-refractivity contribution >= 4 is 29.3 Å². The minimum Gasteiger partial charge on any atom is -0.497 e. The van der Waals surface area contributed by atoms with E-state index in [9.17, 15) is 9.59 Å². The highest BCUT2D eigenvalue weighted by atomic mass is 16.5. The molecule has 0 unspecified atom stereocenters. The number of benzene rings is 3. The van der Waals surface area contributed by atoms with Crippen LogP contribution < -0.4 is 15.0 Å². The molecule has 32 heavy (non-hydrogen) atoms. The number of aryl methyl sites for hydroxylation is 2. The maximum Gasteiger partial charge on any atom is 0.255 e. The molecule has 0 saturated carbocycles. The Morgan fingerprint density at radius 2 is 1.75 bits per heavy atom. The van der Waals surface area contributed by atoms with Crippen LogP contribution in [0.4, 0.5) is 11.4 Å². The van der Waals surface area contributed by atoms with Crippen LogP contribution in [0.15, 0.2) is 78.9 Å². The summed E-state index contributed by atoms with van der Waals surface area (Å²) in [5, 5.41) is 3.06. The quantitative estimate of drug-likeness (QED) is 0.555. The standard InChI is InChI=1S/C27H26N2O3/c1-19-9-10-20(2)24(17-19)28-26(31)27(16-15-21-7-5-4-6-8-21)18-25(30)29(27)22-11-13-23(32-3)14-12-22/h4-17H,18H2,1-3H3,(H,28,31)/b16-15+/t27-/m1/s1. The molecule has 0 aromatic heterocycles. The minimum absolute atomic E-state index is 0.0963. The van der Waals surface area contributed by atoms with Crippen molar-refractivity contribution in [3.8, 4) is 5.75 Å². The Kier molecular flexibility index (Phi) is 5.82. The Labute approximate surface area is 188 Å². The van der Waals surface area contributed by atoms with Gasteiger partial charge in [-0.1, -0.05) is 48.5 Å². The number of nitrogens with one attached hydrogen (secondary N) is 1. The van der Waals surface area contributed by atoms with E-state index in [-0.39, 0.29) is 18.2 Å². The van der Waals surface area contributed by atoms with Crippen molar-refractivity contribution in [3.05, 3.63) is 95.6 Å². The van der Waals surface area contributed by atoms with E-state index in [1.807, 2.05) is 74.5 Å². The van der Waals surface area contributed by atoms with E-state index < -0.39 is 5.54 Å². The van der Waals surface area contributed by atoms with Crippen molar-refractivity contribution in [2.45, 2.75) is 25.8 Å². The molecule has 3 aromatic carbocycles. The molecule has 5 nitrogen and oxygen atoms in total. The number of anilines is 2. The SMILES string of the molecule is COc1ccc(N2C(=O)C[C@]2(/C=C/c2ccccc2)C(=O)Nc2cc(C)ccc2C)cc1. The molecule has 0 radical (unpaired) electrons. The molecule has 0 aliphatic carbocycles. The molecule has 1 saturated heterocycles. The zero-order valence-electron chi connectivity index (χ0n) is 18.5. The number of carbonyl (C=O) groups is 2. The average molecular weight is 427 g/mol. The van der Waals surface area contributed by atoms with Crippen molar-refractivity contribution < 1.29 is 14.3 Å². The lowest BCUT2D eigenvalue weighted by Gasteiger charge is -2.48. The third-order valence-electron chi connectivity index (χ3n) is 5.79. The summed E-state index contributed by atoms with van der Waals surface area (Å²) in [6, 6.07) is 22.8. The van der Waals surface area contributed by atoms with Gasteiger partial charge in [-0.25, -0.2) is 0 Å².